The van der Waals surface area contributed by atoms with Gasteiger partial charge in [0.05, 0.1) is 7.11 Å². The molecule has 4 heteroatoms. The third-order valence-electron chi connectivity index (χ3n) is 3.10. The standard InChI is InChI=1S/C14H21NO3/c1-4-15(5-2)13(14(16)17)10-11-7-6-8-12(9-11)18-3/h6-9,13H,4-5,10H2,1-3H3,(H,16,17)/t13-/m0/s1. The molecule has 100 valence electrons. The van der Waals surface area contributed by atoms with Crippen LogP contribution >= 0.6 is 0 Å². The molecular weight excluding hydrogens is 230 g/mol. The fraction of sp³-hybridized carbons (Fsp3) is 0.500. The van der Waals surface area contributed by atoms with E-state index in [2.05, 4.69) is 0 Å². The van der Waals surface area contributed by atoms with Crippen LogP contribution in [0.25, 0.3) is 0 Å². The largest absolute Gasteiger partial charge is 0.497 e. The van der Waals surface area contributed by atoms with E-state index in [0.717, 1.165) is 24.4 Å². The van der Waals surface area contributed by atoms with Crippen LogP contribution in [0.5, 0.6) is 5.75 Å². The predicted molar refractivity (Wildman–Crippen MR) is 71.0 cm³/mol. The lowest BCUT2D eigenvalue weighted by Crippen LogP contribution is -2.42. The Morgan fingerprint density at radius 2 is 2.06 bits per heavy atom. The molecule has 1 aromatic carbocycles. The number of carboxylic acids is 1. The molecule has 1 atom stereocenters. The molecule has 0 aromatic heterocycles. The van der Waals surface area contributed by atoms with Gasteiger partial charge in [-0.3, -0.25) is 9.69 Å². The summed E-state index contributed by atoms with van der Waals surface area (Å²) in [5.74, 6) is -0.0160. The molecule has 4 nitrogen and oxygen atoms in total. The number of ether oxygens (including phenoxy) is 1. The van der Waals surface area contributed by atoms with Gasteiger partial charge in [0.1, 0.15) is 11.8 Å². The molecule has 0 amide bonds. The zero-order valence-corrected chi connectivity index (χ0v) is 11.2. The maximum absolute atomic E-state index is 11.3. The van der Waals surface area contributed by atoms with Crippen LogP contribution in [0.2, 0.25) is 0 Å². The van der Waals surface area contributed by atoms with Crippen LogP contribution in [-0.2, 0) is 11.2 Å². The first-order chi connectivity index (χ1) is 8.62. The number of rotatable bonds is 7. The average Bonchev–Trinajstić information content (AvgIpc) is 2.39. The number of carboxylic acid groups (broad SMARTS) is 1. The van der Waals surface area contributed by atoms with E-state index in [1.54, 1.807) is 7.11 Å². The summed E-state index contributed by atoms with van der Waals surface area (Å²) in [4.78, 5) is 13.3. The monoisotopic (exact) mass is 251 g/mol. The lowest BCUT2D eigenvalue weighted by atomic mass is 10.0. The van der Waals surface area contributed by atoms with E-state index >= 15 is 0 Å². The Hall–Kier alpha value is -1.55. The lowest BCUT2D eigenvalue weighted by molar-refractivity contribution is -0.143. The molecule has 0 unspecified atom stereocenters. The smallest absolute Gasteiger partial charge is 0.321 e. The van der Waals surface area contributed by atoms with Gasteiger partial charge in [-0.2, -0.15) is 0 Å². The first-order valence-electron chi connectivity index (χ1n) is 6.22. The van der Waals surface area contributed by atoms with Crippen LogP contribution in [0.4, 0.5) is 0 Å². The molecule has 1 rings (SSSR count). The van der Waals surface area contributed by atoms with Gasteiger partial charge in [0, 0.05) is 0 Å². The summed E-state index contributed by atoms with van der Waals surface area (Å²) in [6.07, 6.45) is 0.494. The second-order valence-electron chi connectivity index (χ2n) is 4.13. The molecule has 0 aliphatic rings. The second kappa shape index (κ2) is 7.01. The zero-order chi connectivity index (χ0) is 13.5. The highest BCUT2D eigenvalue weighted by atomic mass is 16.5. The van der Waals surface area contributed by atoms with Crippen molar-refractivity contribution in [1.29, 1.82) is 0 Å². The van der Waals surface area contributed by atoms with Gasteiger partial charge in [0.25, 0.3) is 0 Å². The maximum Gasteiger partial charge on any atom is 0.321 e. The van der Waals surface area contributed by atoms with E-state index in [1.807, 2.05) is 43.0 Å². The number of hydrogen-bond donors (Lipinski definition) is 1. The number of likely N-dealkylation sites (N-methyl/N-ethyl adjacent to an activating group) is 1. The quantitative estimate of drug-likeness (QED) is 0.805. The minimum atomic E-state index is -0.776. The van der Waals surface area contributed by atoms with Crippen molar-refractivity contribution in [1.82, 2.24) is 4.90 Å². The molecule has 0 heterocycles. The van der Waals surface area contributed by atoms with Crippen LogP contribution in [0.15, 0.2) is 24.3 Å². The summed E-state index contributed by atoms with van der Waals surface area (Å²) in [6.45, 7) is 5.42. The van der Waals surface area contributed by atoms with Gasteiger partial charge in [0.15, 0.2) is 0 Å². The number of aliphatic carboxylic acids is 1. The Labute approximate surface area is 108 Å². The molecule has 0 fully saturated rings. The summed E-state index contributed by atoms with van der Waals surface area (Å²) < 4.78 is 5.15. The van der Waals surface area contributed by atoms with E-state index in [4.69, 9.17) is 4.74 Å². The third-order valence-corrected chi connectivity index (χ3v) is 3.10. The highest BCUT2D eigenvalue weighted by Crippen LogP contribution is 2.16. The molecule has 0 saturated carbocycles. The van der Waals surface area contributed by atoms with E-state index in [1.165, 1.54) is 0 Å². The van der Waals surface area contributed by atoms with Crippen molar-refractivity contribution in [2.75, 3.05) is 20.2 Å². The molecule has 0 aliphatic carbocycles. The molecule has 1 aromatic rings. The predicted octanol–water partition coefficient (Wildman–Crippen LogP) is 2.03. The average molecular weight is 251 g/mol. The van der Waals surface area contributed by atoms with Crippen molar-refractivity contribution in [2.45, 2.75) is 26.3 Å². The van der Waals surface area contributed by atoms with Crippen molar-refractivity contribution in [3.05, 3.63) is 29.8 Å². The summed E-state index contributed by atoms with van der Waals surface area (Å²) in [5.41, 5.74) is 0.980. The normalized spacial score (nSPS) is 12.4. The Kier molecular flexibility index (Phi) is 5.65. The minimum absolute atomic E-state index is 0.480. The minimum Gasteiger partial charge on any atom is -0.497 e. The molecule has 1 N–H and O–H groups in total. The van der Waals surface area contributed by atoms with E-state index < -0.39 is 12.0 Å². The number of nitrogens with zero attached hydrogens (tertiary/aromatic N) is 1. The van der Waals surface area contributed by atoms with Crippen molar-refractivity contribution in [2.24, 2.45) is 0 Å². The van der Waals surface area contributed by atoms with Crippen LogP contribution < -0.4 is 4.74 Å². The Morgan fingerprint density at radius 3 is 2.56 bits per heavy atom. The molecule has 18 heavy (non-hydrogen) atoms. The van der Waals surface area contributed by atoms with E-state index in [9.17, 15) is 9.90 Å². The van der Waals surface area contributed by atoms with Gasteiger partial charge in [0.2, 0.25) is 0 Å². The zero-order valence-electron chi connectivity index (χ0n) is 11.2. The molecule has 0 saturated heterocycles. The topological polar surface area (TPSA) is 49.8 Å². The maximum atomic E-state index is 11.3. The second-order valence-corrected chi connectivity index (χ2v) is 4.13. The van der Waals surface area contributed by atoms with Crippen LogP contribution in [0, 0.1) is 0 Å². The van der Waals surface area contributed by atoms with Gasteiger partial charge in [-0.05, 0) is 37.2 Å². The van der Waals surface area contributed by atoms with Crippen molar-refractivity contribution >= 4 is 5.97 Å². The summed E-state index contributed by atoms with van der Waals surface area (Å²) in [5, 5.41) is 9.32. The van der Waals surface area contributed by atoms with Crippen molar-refractivity contribution in [3.63, 3.8) is 0 Å². The van der Waals surface area contributed by atoms with Gasteiger partial charge in [-0.1, -0.05) is 26.0 Å². The third kappa shape index (κ3) is 3.74. The van der Waals surface area contributed by atoms with Gasteiger partial charge in [-0.15, -0.1) is 0 Å². The van der Waals surface area contributed by atoms with Gasteiger partial charge in [-0.25, -0.2) is 0 Å². The Balaban J connectivity index is 2.85. The first-order valence-corrected chi connectivity index (χ1v) is 6.22. The SMILES string of the molecule is CCN(CC)[C@@H](Cc1cccc(OC)c1)C(=O)O. The van der Waals surface area contributed by atoms with Crippen LogP contribution in [0.1, 0.15) is 19.4 Å². The Bertz CT molecular complexity index is 388. The van der Waals surface area contributed by atoms with Crippen LogP contribution in [-0.4, -0.2) is 42.2 Å². The highest BCUT2D eigenvalue weighted by molar-refractivity contribution is 5.74. The summed E-state index contributed by atoms with van der Waals surface area (Å²) >= 11 is 0. The lowest BCUT2D eigenvalue weighted by Gasteiger charge is -2.26. The molecule has 0 bridgehead atoms. The fourth-order valence-electron chi connectivity index (χ4n) is 2.06. The molecule has 0 aliphatic heterocycles. The van der Waals surface area contributed by atoms with Gasteiger partial charge < -0.3 is 9.84 Å². The molecule has 0 spiro atoms. The van der Waals surface area contributed by atoms with Gasteiger partial charge >= 0.3 is 5.97 Å². The molecule has 0 radical (unpaired) electrons. The first kappa shape index (κ1) is 14.5. The van der Waals surface area contributed by atoms with Crippen molar-refractivity contribution in [3.8, 4) is 5.75 Å². The van der Waals surface area contributed by atoms with E-state index in [-0.39, 0.29) is 0 Å². The van der Waals surface area contributed by atoms with E-state index in [0.29, 0.717) is 6.42 Å². The highest BCUT2D eigenvalue weighted by Gasteiger charge is 2.23. The Morgan fingerprint density at radius 1 is 1.39 bits per heavy atom. The number of hydrogen-bond acceptors (Lipinski definition) is 3. The number of methoxy groups -OCH3 is 1. The van der Waals surface area contributed by atoms with Crippen molar-refractivity contribution < 1.29 is 14.6 Å². The van der Waals surface area contributed by atoms with Crippen LogP contribution in [0.3, 0.4) is 0 Å². The number of benzene rings is 1. The molecular formula is C14H21NO3. The summed E-state index contributed by atoms with van der Waals surface area (Å²) in [6, 6.07) is 7.08. The number of carbonyl (C=O) groups is 1. The summed E-state index contributed by atoms with van der Waals surface area (Å²) in [7, 11) is 1.61. The fourth-order valence-corrected chi connectivity index (χ4v) is 2.06.